The number of hydrogen-bond donors (Lipinski definition) is 1. The van der Waals surface area contributed by atoms with Crippen molar-refractivity contribution >= 4 is 17.5 Å². The van der Waals surface area contributed by atoms with Gasteiger partial charge in [-0.25, -0.2) is 0 Å². The Hall–Kier alpha value is -2.39. The highest BCUT2D eigenvalue weighted by molar-refractivity contribution is 6.39. The number of nitrogens with one attached hydrogen (secondary N) is 1. The number of carbonyl (C=O) groups excluding carboxylic acids is 2. The third kappa shape index (κ3) is 3.80. The number of nitriles is 1. The largest absolute Gasteiger partial charge is 0.332 e. The predicted molar refractivity (Wildman–Crippen MR) is 78.5 cm³/mol. The zero-order chi connectivity index (χ0) is 15.2. The van der Waals surface area contributed by atoms with Gasteiger partial charge in [0.15, 0.2) is 0 Å². The van der Waals surface area contributed by atoms with E-state index in [1.165, 1.54) is 0 Å². The van der Waals surface area contributed by atoms with Crippen molar-refractivity contribution in [3.8, 4) is 6.07 Å². The molecule has 1 aromatic carbocycles. The number of hydrogen-bond acceptors (Lipinski definition) is 4. The van der Waals surface area contributed by atoms with Crippen molar-refractivity contribution in [2.75, 3.05) is 38.0 Å². The summed E-state index contributed by atoms with van der Waals surface area (Å²) in [4.78, 5) is 27.8. The first-order chi connectivity index (χ1) is 10.1. The molecule has 0 saturated carbocycles. The molecule has 6 heteroatoms. The van der Waals surface area contributed by atoms with Gasteiger partial charge in [0, 0.05) is 31.9 Å². The maximum Gasteiger partial charge on any atom is 0.313 e. The molecule has 0 atom stereocenters. The predicted octanol–water partition coefficient (Wildman–Crippen LogP) is 0.661. The summed E-state index contributed by atoms with van der Waals surface area (Å²) in [5.41, 5.74) is 1.02. The van der Waals surface area contributed by atoms with Crippen LogP contribution >= 0.6 is 0 Å². The van der Waals surface area contributed by atoms with E-state index in [-0.39, 0.29) is 0 Å². The Morgan fingerprint density at radius 1 is 1.19 bits per heavy atom. The number of carbonyl (C=O) groups is 2. The first-order valence-electron chi connectivity index (χ1n) is 6.97. The molecule has 1 N–H and O–H groups in total. The minimum atomic E-state index is -0.635. The molecule has 1 aliphatic heterocycles. The van der Waals surface area contributed by atoms with Crippen LogP contribution in [0.4, 0.5) is 5.69 Å². The number of likely N-dealkylation sites (N-methyl/N-ethyl adjacent to an activating group) is 1. The summed E-state index contributed by atoms with van der Waals surface area (Å²) in [6.45, 7) is 5.79. The smallest absolute Gasteiger partial charge is 0.313 e. The zero-order valence-electron chi connectivity index (χ0n) is 12.0. The summed E-state index contributed by atoms with van der Waals surface area (Å²) in [6, 6.07) is 8.41. The lowest BCUT2D eigenvalue weighted by molar-refractivity contribution is -0.144. The van der Waals surface area contributed by atoms with Crippen molar-refractivity contribution < 1.29 is 9.59 Å². The number of rotatable bonds is 2. The Kier molecular flexibility index (Phi) is 4.90. The molecule has 1 aromatic rings. The van der Waals surface area contributed by atoms with Gasteiger partial charge in [0.2, 0.25) is 0 Å². The van der Waals surface area contributed by atoms with Gasteiger partial charge < -0.3 is 15.1 Å². The van der Waals surface area contributed by atoms with Crippen LogP contribution in [0.3, 0.4) is 0 Å². The molecule has 1 saturated heterocycles. The van der Waals surface area contributed by atoms with Gasteiger partial charge >= 0.3 is 11.8 Å². The first-order valence-corrected chi connectivity index (χ1v) is 6.97. The summed E-state index contributed by atoms with van der Waals surface area (Å²) in [5, 5.41) is 11.3. The molecule has 21 heavy (non-hydrogen) atoms. The monoisotopic (exact) mass is 286 g/mol. The van der Waals surface area contributed by atoms with Crippen molar-refractivity contribution in [1.29, 1.82) is 5.26 Å². The fourth-order valence-electron chi connectivity index (χ4n) is 2.22. The number of nitrogens with zero attached hydrogens (tertiary/aromatic N) is 3. The van der Waals surface area contributed by atoms with Crippen LogP contribution in [0.1, 0.15) is 12.5 Å². The van der Waals surface area contributed by atoms with Crippen LogP contribution in [0, 0.1) is 11.3 Å². The quantitative estimate of drug-likeness (QED) is 0.810. The van der Waals surface area contributed by atoms with E-state index in [4.69, 9.17) is 5.26 Å². The Bertz CT molecular complexity index is 554. The third-order valence-electron chi connectivity index (χ3n) is 3.57. The molecule has 0 aromatic heterocycles. The second kappa shape index (κ2) is 6.86. The van der Waals surface area contributed by atoms with Gasteiger partial charge in [-0.1, -0.05) is 6.92 Å². The molecule has 0 unspecified atom stereocenters. The van der Waals surface area contributed by atoms with Crippen LogP contribution in [-0.2, 0) is 9.59 Å². The minimum absolute atomic E-state index is 0.505. The molecule has 0 bridgehead atoms. The summed E-state index contributed by atoms with van der Waals surface area (Å²) >= 11 is 0. The Labute approximate surface area is 123 Å². The lowest BCUT2D eigenvalue weighted by Crippen LogP contribution is -2.51. The number of benzene rings is 1. The molecular formula is C15H18N4O2. The molecule has 1 aliphatic rings. The van der Waals surface area contributed by atoms with E-state index in [9.17, 15) is 9.59 Å². The van der Waals surface area contributed by atoms with Crippen LogP contribution in [0.2, 0.25) is 0 Å². The van der Waals surface area contributed by atoms with Crippen molar-refractivity contribution in [3.63, 3.8) is 0 Å². The van der Waals surface area contributed by atoms with Crippen molar-refractivity contribution in [3.05, 3.63) is 29.8 Å². The van der Waals surface area contributed by atoms with Crippen LogP contribution < -0.4 is 5.32 Å². The normalized spacial score (nSPS) is 15.3. The SMILES string of the molecule is CCN1CCN(C(=O)C(=O)Nc2ccc(C#N)cc2)CC1. The van der Waals surface area contributed by atoms with Crippen molar-refractivity contribution in [2.45, 2.75) is 6.92 Å². The number of piperazine rings is 1. The van der Waals surface area contributed by atoms with Gasteiger partial charge in [-0.05, 0) is 30.8 Å². The van der Waals surface area contributed by atoms with E-state index in [0.717, 1.165) is 19.6 Å². The molecule has 1 heterocycles. The molecule has 0 spiro atoms. The molecule has 110 valence electrons. The van der Waals surface area contributed by atoms with Crippen LogP contribution in [0.5, 0.6) is 0 Å². The van der Waals surface area contributed by atoms with Crippen molar-refractivity contribution in [2.24, 2.45) is 0 Å². The summed E-state index contributed by atoms with van der Waals surface area (Å²) < 4.78 is 0. The van der Waals surface area contributed by atoms with Crippen LogP contribution in [0.15, 0.2) is 24.3 Å². The summed E-state index contributed by atoms with van der Waals surface area (Å²) in [5.74, 6) is -1.14. The molecule has 6 nitrogen and oxygen atoms in total. The van der Waals surface area contributed by atoms with Gasteiger partial charge in [-0.15, -0.1) is 0 Å². The second-order valence-electron chi connectivity index (χ2n) is 4.87. The van der Waals surface area contributed by atoms with Crippen LogP contribution in [0.25, 0.3) is 0 Å². The average Bonchev–Trinajstić information content (AvgIpc) is 2.55. The number of amides is 2. The summed E-state index contributed by atoms with van der Waals surface area (Å²) in [6.07, 6.45) is 0. The Morgan fingerprint density at radius 3 is 2.33 bits per heavy atom. The molecule has 0 radical (unpaired) electrons. The molecule has 1 fully saturated rings. The van der Waals surface area contributed by atoms with Crippen LogP contribution in [-0.4, -0.2) is 54.3 Å². The fourth-order valence-corrected chi connectivity index (χ4v) is 2.22. The highest BCUT2D eigenvalue weighted by Crippen LogP contribution is 2.09. The van der Waals surface area contributed by atoms with E-state index in [2.05, 4.69) is 17.1 Å². The highest BCUT2D eigenvalue weighted by Gasteiger charge is 2.25. The highest BCUT2D eigenvalue weighted by atomic mass is 16.2. The van der Waals surface area contributed by atoms with Gasteiger partial charge in [0.1, 0.15) is 0 Å². The first kappa shape index (κ1) is 15.0. The molecule has 0 aliphatic carbocycles. The second-order valence-corrected chi connectivity index (χ2v) is 4.87. The molecule has 2 amide bonds. The molecule has 2 rings (SSSR count). The minimum Gasteiger partial charge on any atom is -0.332 e. The average molecular weight is 286 g/mol. The topological polar surface area (TPSA) is 76.4 Å². The van der Waals surface area contributed by atoms with Gasteiger partial charge in [-0.3, -0.25) is 9.59 Å². The lowest BCUT2D eigenvalue weighted by Gasteiger charge is -2.33. The zero-order valence-corrected chi connectivity index (χ0v) is 12.0. The summed E-state index contributed by atoms with van der Waals surface area (Å²) in [7, 11) is 0. The van der Waals surface area contributed by atoms with Gasteiger partial charge in [0.25, 0.3) is 0 Å². The van der Waals surface area contributed by atoms with Gasteiger partial charge in [-0.2, -0.15) is 5.26 Å². The van der Waals surface area contributed by atoms with E-state index in [1.54, 1.807) is 29.2 Å². The number of anilines is 1. The van der Waals surface area contributed by atoms with Crippen molar-refractivity contribution in [1.82, 2.24) is 9.80 Å². The maximum absolute atomic E-state index is 12.1. The standard InChI is InChI=1S/C15H18N4O2/c1-2-18-7-9-19(10-8-18)15(21)14(20)17-13-5-3-12(11-16)4-6-13/h3-6H,2,7-10H2,1H3,(H,17,20). The molecular weight excluding hydrogens is 268 g/mol. The van der Waals surface area contributed by atoms with E-state index in [1.807, 2.05) is 6.07 Å². The Morgan fingerprint density at radius 2 is 1.81 bits per heavy atom. The van der Waals surface area contributed by atoms with E-state index in [0.29, 0.717) is 24.3 Å². The fraction of sp³-hybridized carbons (Fsp3) is 0.400. The Balaban J connectivity index is 1.90. The van der Waals surface area contributed by atoms with E-state index < -0.39 is 11.8 Å². The maximum atomic E-state index is 12.1. The van der Waals surface area contributed by atoms with Gasteiger partial charge in [0.05, 0.1) is 11.6 Å². The third-order valence-corrected chi connectivity index (χ3v) is 3.57. The lowest BCUT2D eigenvalue weighted by atomic mass is 10.2. The van der Waals surface area contributed by atoms with E-state index >= 15 is 0 Å².